The summed E-state index contributed by atoms with van der Waals surface area (Å²) < 4.78 is 5.14. The molecule has 0 aromatic carbocycles. The van der Waals surface area contributed by atoms with Gasteiger partial charge in [-0.25, -0.2) is 4.79 Å². The summed E-state index contributed by atoms with van der Waals surface area (Å²) in [5.41, 5.74) is 0.996. The van der Waals surface area contributed by atoms with Gasteiger partial charge in [-0.3, -0.25) is 0 Å². The molecule has 0 unspecified atom stereocenters. The molecule has 0 aliphatic carbocycles. The Bertz CT molecular complexity index is 290. The van der Waals surface area contributed by atoms with Gasteiger partial charge in [0.05, 0.1) is 6.61 Å². The number of ether oxygens (including phenoxy) is 1. The number of esters is 1. The molecule has 0 aliphatic rings. The summed E-state index contributed by atoms with van der Waals surface area (Å²) in [7, 11) is 0. The number of carbonyl (C=O) groups is 1. The molecular weight excluding hydrogens is 284 g/mol. The quantitative estimate of drug-likeness (QED) is 0.174. The van der Waals surface area contributed by atoms with Crippen LogP contribution in [-0.2, 0) is 9.53 Å². The minimum absolute atomic E-state index is 0.195. The smallest absolute Gasteiger partial charge is 0.330 e. The standard InChI is InChI=1S/C21H40O2/c1-4-5-6-7-8-9-10-11-12-13-14-15-16-17-18-23-21(22)19-20(2)3/h19H,4-18H2,1-3H3. The molecule has 0 saturated heterocycles. The molecule has 0 aromatic rings. The topological polar surface area (TPSA) is 26.3 Å². The lowest BCUT2D eigenvalue weighted by molar-refractivity contribution is -0.137. The molecule has 0 saturated carbocycles. The van der Waals surface area contributed by atoms with Crippen LogP contribution in [0.2, 0.25) is 0 Å². The maximum atomic E-state index is 11.3. The molecule has 2 nitrogen and oxygen atoms in total. The third-order valence-electron chi connectivity index (χ3n) is 4.15. The lowest BCUT2D eigenvalue weighted by Gasteiger charge is -2.04. The van der Waals surface area contributed by atoms with Gasteiger partial charge in [-0.1, -0.05) is 96.0 Å². The predicted octanol–water partition coefficient (Wildman–Crippen LogP) is 6.98. The van der Waals surface area contributed by atoms with E-state index in [1.54, 1.807) is 6.08 Å². The number of hydrogen-bond acceptors (Lipinski definition) is 2. The number of allylic oxidation sites excluding steroid dienone is 1. The molecular formula is C21H40O2. The molecule has 136 valence electrons. The first-order valence-electron chi connectivity index (χ1n) is 9.98. The van der Waals surface area contributed by atoms with E-state index in [-0.39, 0.29) is 5.97 Å². The first-order valence-corrected chi connectivity index (χ1v) is 9.98. The molecule has 0 heterocycles. The van der Waals surface area contributed by atoms with E-state index in [0.29, 0.717) is 6.61 Å². The second-order valence-electron chi connectivity index (χ2n) is 6.99. The van der Waals surface area contributed by atoms with Crippen LogP contribution in [0, 0.1) is 0 Å². The molecule has 0 rings (SSSR count). The SMILES string of the molecule is CCCCCCCCCCCCCCCCOC(=O)C=C(C)C. The van der Waals surface area contributed by atoms with Crippen molar-refractivity contribution in [1.29, 1.82) is 0 Å². The number of rotatable bonds is 16. The zero-order chi connectivity index (χ0) is 17.2. The highest BCUT2D eigenvalue weighted by Gasteiger charge is 1.98. The summed E-state index contributed by atoms with van der Waals surface area (Å²) in [5.74, 6) is -0.195. The maximum Gasteiger partial charge on any atom is 0.330 e. The third-order valence-corrected chi connectivity index (χ3v) is 4.15. The summed E-state index contributed by atoms with van der Waals surface area (Å²) in [6, 6.07) is 0. The minimum Gasteiger partial charge on any atom is -0.463 e. The Hall–Kier alpha value is -0.790. The summed E-state index contributed by atoms with van der Waals surface area (Å²) >= 11 is 0. The van der Waals surface area contributed by atoms with Crippen LogP contribution < -0.4 is 0 Å². The second kappa shape index (κ2) is 17.6. The van der Waals surface area contributed by atoms with Gasteiger partial charge in [-0.2, -0.15) is 0 Å². The van der Waals surface area contributed by atoms with Crippen molar-refractivity contribution in [2.75, 3.05) is 6.61 Å². The van der Waals surface area contributed by atoms with Crippen molar-refractivity contribution < 1.29 is 9.53 Å². The molecule has 0 N–H and O–H groups in total. The summed E-state index contributed by atoms with van der Waals surface area (Å²) in [6.45, 7) is 6.67. The zero-order valence-electron chi connectivity index (χ0n) is 16.0. The first-order chi connectivity index (χ1) is 11.2. The summed E-state index contributed by atoms with van der Waals surface area (Å²) in [6.07, 6.45) is 20.4. The molecule has 0 aliphatic heterocycles. The highest BCUT2D eigenvalue weighted by Crippen LogP contribution is 2.12. The van der Waals surface area contributed by atoms with Crippen molar-refractivity contribution in [2.45, 2.75) is 111 Å². The van der Waals surface area contributed by atoms with Crippen molar-refractivity contribution in [3.63, 3.8) is 0 Å². The average Bonchev–Trinajstić information content (AvgIpc) is 2.50. The highest BCUT2D eigenvalue weighted by molar-refractivity contribution is 5.82. The summed E-state index contributed by atoms with van der Waals surface area (Å²) in [4.78, 5) is 11.3. The molecule has 0 radical (unpaired) electrons. The van der Waals surface area contributed by atoms with Gasteiger partial charge >= 0.3 is 5.97 Å². The van der Waals surface area contributed by atoms with E-state index in [9.17, 15) is 4.79 Å². The van der Waals surface area contributed by atoms with E-state index in [1.807, 2.05) is 13.8 Å². The van der Waals surface area contributed by atoms with E-state index < -0.39 is 0 Å². The number of carbonyl (C=O) groups excluding carboxylic acids is 1. The van der Waals surface area contributed by atoms with Crippen LogP contribution in [0.5, 0.6) is 0 Å². The monoisotopic (exact) mass is 324 g/mol. The van der Waals surface area contributed by atoms with Crippen molar-refractivity contribution in [2.24, 2.45) is 0 Å². The Morgan fingerprint density at radius 1 is 0.696 bits per heavy atom. The number of unbranched alkanes of at least 4 members (excludes halogenated alkanes) is 13. The molecule has 0 atom stereocenters. The van der Waals surface area contributed by atoms with Gasteiger partial charge in [0.25, 0.3) is 0 Å². The zero-order valence-corrected chi connectivity index (χ0v) is 16.0. The van der Waals surface area contributed by atoms with Crippen molar-refractivity contribution in [3.8, 4) is 0 Å². The van der Waals surface area contributed by atoms with Crippen LogP contribution >= 0.6 is 0 Å². The van der Waals surface area contributed by atoms with Gasteiger partial charge in [0.2, 0.25) is 0 Å². The fraction of sp³-hybridized carbons (Fsp3) is 0.857. The van der Waals surface area contributed by atoms with E-state index in [1.165, 1.54) is 83.5 Å². The van der Waals surface area contributed by atoms with Crippen LogP contribution in [0.4, 0.5) is 0 Å². The van der Waals surface area contributed by atoms with Crippen molar-refractivity contribution in [3.05, 3.63) is 11.6 Å². The normalized spacial score (nSPS) is 10.6. The Morgan fingerprint density at radius 3 is 1.48 bits per heavy atom. The lowest BCUT2D eigenvalue weighted by Crippen LogP contribution is -2.02. The van der Waals surface area contributed by atoms with Crippen LogP contribution in [0.1, 0.15) is 111 Å². The van der Waals surface area contributed by atoms with Crippen LogP contribution in [-0.4, -0.2) is 12.6 Å². The van der Waals surface area contributed by atoms with E-state index in [4.69, 9.17) is 4.74 Å². The average molecular weight is 325 g/mol. The van der Waals surface area contributed by atoms with E-state index >= 15 is 0 Å². The molecule has 0 amide bonds. The largest absolute Gasteiger partial charge is 0.463 e. The molecule has 0 aromatic heterocycles. The predicted molar refractivity (Wildman–Crippen MR) is 101 cm³/mol. The minimum atomic E-state index is -0.195. The van der Waals surface area contributed by atoms with E-state index in [0.717, 1.165) is 12.0 Å². The Labute approximate surface area is 145 Å². The Balaban J connectivity index is 3.11. The van der Waals surface area contributed by atoms with Crippen molar-refractivity contribution in [1.82, 2.24) is 0 Å². The molecule has 0 bridgehead atoms. The first kappa shape index (κ1) is 22.2. The van der Waals surface area contributed by atoms with Gasteiger partial charge in [0.1, 0.15) is 0 Å². The van der Waals surface area contributed by atoms with Crippen LogP contribution in [0.3, 0.4) is 0 Å². The van der Waals surface area contributed by atoms with Gasteiger partial charge < -0.3 is 4.74 Å². The molecule has 0 spiro atoms. The Morgan fingerprint density at radius 2 is 1.09 bits per heavy atom. The summed E-state index contributed by atoms with van der Waals surface area (Å²) in [5, 5.41) is 0. The lowest BCUT2D eigenvalue weighted by atomic mass is 10.0. The van der Waals surface area contributed by atoms with Gasteiger partial charge in [0, 0.05) is 6.08 Å². The Kier molecular flexibility index (Phi) is 17.0. The van der Waals surface area contributed by atoms with Crippen LogP contribution in [0.25, 0.3) is 0 Å². The second-order valence-corrected chi connectivity index (χ2v) is 6.99. The van der Waals surface area contributed by atoms with Crippen molar-refractivity contribution >= 4 is 5.97 Å². The van der Waals surface area contributed by atoms with Gasteiger partial charge in [0.15, 0.2) is 0 Å². The van der Waals surface area contributed by atoms with Gasteiger partial charge in [-0.05, 0) is 20.3 Å². The molecule has 2 heteroatoms. The van der Waals surface area contributed by atoms with Gasteiger partial charge in [-0.15, -0.1) is 0 Å². The highest BCUT2D eigenvalue weighted by atomic mass is 16.5. The van der Waals surface area contributed by atoms with Crippen LogP contribution in [0.15, 0.2) is 11.6 Å². The number of hydrogen-bond donors (Lipinski definition) is 0. The fourth-order valence-electron chi connectivity index (χ4n) is 2.75. The fourth-order valence-corrected chi connectivity index (χ4v) is 2.75. The third kappa shape index (κ3) is 19.2. The molecule has 23 heavy (non-hydrogen) atoms. The molecule has 0 fully saturated rings. The maximum absolute atomic E-state index is 11.3. The van der Waals surface area contributed by atoms with E-state index in [2.05, 4.69) is 6.92 Å².